The lowest BCUT2D eigenvalue weighted by Gasteiger charge is -2.22. The molecule has 0 saturated carbocycles. The van der Waals surface area contributed by atoms with Crippen molar-refractivity contribution < 1.29 is 49.7 Å². The van der Waals surface area contributed by atoms with Crippen LogP contribution in [0.15, 0.2) is 59.5 Å². The average Bonchev–Trinajstić information content (AvgIpc) is 3.24. The maximum Gasteiger partial charge on any atom is 0.463 e. The van der Waals surface area contributed by atoms with Gasteiger partial charge in [-0.15, -0.1) is 0 Å². The van der Waals surface area contributed by atoms with Crippen molar-refractivity contribution in [2.45, 2.75) is 24.7 Å². The quantitative estimate of drug-likeness (QED) is 0.251. The van der Waals surface area contributed by atoms with E-state index in [1.165, 1.54) is 14.2 Å². The summed E-state index contributed by atoms with van der Waals surface area (Å²) in [6.07, 6.45) is -3.48. The van der Waals surface area contributed by atoms with Gasteiger partial charge in [0.2, 0.25) is 6.93 Å². The highest BCUT2D eigenvalue weighted by Gasteiger charge is 2.52. The molecular weight excluding hydrogens is 568 g/mol. The number of benzene rings is 2. The van der Waals surface area contributed by atoms with Gasteiger partial charge in [0, 0.05) is 0 Å². The summed E-state index contributed by atoms with van der Waals surface area (Å²) in [6.45, 7) is -2.40. The fourth-order valence-electron chi connectivity index (χ4n) is 3.34. The van der Waals surface area contributed by atoms with Gasteiger partial charge in [0.05, 0.1) is 33.4 Å². The SMILES string of the molecule is COc1ccc(OP(OCC2OC(n3cc(F)c(N)nc3=O)CC2(F)F)Oc2ccc(OC)cc2)cc1.FCF. The molecule has 2 unspecified atom stereocenters. The van der Waals surface area contributed by atoms with Crippen LogP contribution < -0.4 is 29.9 Å². The minimum atomic E-state index is -3.41. The molecule has 10 nitrogen and oxygen atoms in total. The zero-order valence-corrected chi connectivity index (χ0v) is 22.0. The van der Waals surface area contributed by atoms with Crippen LogP contribution in [0, 0.1) is 5.82 Å². The highest BCUT2D eigenvalue weighted by atomic mass is 31.2. The Kier molecular flexibility index (Phi) is 10.9. The number of hydrogen-bond donors (Lipinski definition) is 1. The van der Waals surface area contributed by atoms with E-state index in [0.29, 0.717) is 33.8 Å². The number of rotatable bonds is 10. The van der Waals surface area contributed by atoms with E-state index in [-0.39, 0.29) is 0 Å². The van der Waals surface area contributed by atoms with Crippen LogP contribution >= 0.6 is 8.60 Å². The first-order valence-electron chi connectivity index (χ1n) is 11.4. The van der Waals surface area contributed by atoms with Crippen molar-refractivity contribution in [1.29, 1.82) is 0 Å². The Labute approximate surface area is 226 Å². The van der Waals surface area contributed by atoms with E-state index < -0.39 is 64.1 Å². The van der Waals surface area contributed by atoms with E-state index in [0.717, 1.165) is 0 Å². The number of alkyl halides is 4. The topological polar surface area (TPSA) is 116 Å². The molecule has 1 aliphatic rings. The van der Waals surface area contributed by atoms with Gasteiger partial charge in [-0.2, -0.15) is 4.98 Å². The first kappa shape index (κ1) is 30.9. The Morgan fingerprint density at radius 2 is 1.48 bits per heavy atom. The van der Waals surface area contributed by atoms with Crippen LogP contribution in [0.5, 0.6) is 23.0 Å². The largest absolute Gasteiger partial charge is 0.497 e. The van der Waals surface area contributed by atoms with Crippen molar-refractivity contribution in [2.24, 2.45) is 0 Å². The number of halogens is 5. The number of ether oxygens (including phenoxy) is 3. The van der Waals surface area contributed by atoms with Gasteiger partial charge in [-0.05, 0) is 48.5 Å². The lowest BCUT2D eigenvalue weighted by molar-refractivity contribution is -0.0985. The molecule has 2 atom stereocenters. The fourth-order valence-corrected chi connectivity index (χ4v) is 4.32. The van der Waals surface area contributed by atoms with Crippen LogP contribution in [-0.2, 0) is 9.26 Å². The fraction of sp³-hybridized carbons (Fsp3) is 0.333. The highest BCUT2D eigenvalue weighted by molar-refractivity contribution is 7.42. The molecule has 0 aliphatic carbocycles. The molecule has 16 heteroatoms. The molecule has 4 rings (SSSR count). The van der Waals surface area contributed by atoms with E-state index in [4.69, 9.17) is 33.5 Å². The summed E-state index contributed by atoms with van der Waals surface area (Å²) in [5, 5.41) is 0. The van der Waals surface area contributed by atoms with Crippen molar-refractivity contribution in [2.75, 3.05) is 33.5 Å². The second-order valence-electron chi connectivity index (χ2n) is 7.86. The van der Waals surface area contributed by atoms with Crippen LogP contribution in [0.4, 0.5) is 27.8 Å². The molecule has 0 bridgehead atoms. The number of hydrogen-bond acceptors (Lipinski definition) is 9. The molecule has 0 amide bonds. The summed E-state index contributed by atoms with van der Waals surface area (Å²) < 4.78 is 95.9. The zero-order valence-electron chi connectivity index (χ0n) is 21.1. The summed E-state index contributed by atoms with van der Waals surface area (Å²) in [7, 11) is 0.786. The van der Waals surface area contributed by atoms with Crippen molar-refractivity contribution in [1.82, 2.24) is 9.55 Å². The molecular formula is C24H25F5N3O7P. The average molecular weight is 593 g/mol. The second-order valence-corrected chi connectivity index (χ2v) is 8.93. The number of nitrogens with two attached hydrogens (primary N) is 1. The summed E-state index contributed by atoms with van der Waals surface area (Å²) in [4.78, 5) is 15.3. The van der Waals surface area contributed by atoms with Crippen LogP contribution in [0.2, 0.25) is 0 Å². The molecule has 0 radical (unpaired) electrons. The molecule has 2 aromatic carbocycles. The molecule has 1 aromatic heterocycles. The van der Waals surface area contributed by atoms with Crippen LogP contribution in [0.3, 0.4) is 0 Å². The predicted molar refractivity (Wildman–Crippen MR) is 134 cm³/mol. The number of methoxy groups -OCH3 is 2. The third kappa shape index (κ3) is 8.16. The van der Waals surface area contributed by atoms with Crippen molar-refractivity contribution in [3.63, 3.8) is 0 Å². The molecule has 40 heavy (non-hydrogen) atoms. The van der Waals surface area contributed by atoms with Crippen molar-refractivity contribution >= 4 is 14.4 Å². The Morgan fingerprint density at radius 3 is 1.95 bits per heavy atom. The maximum atomic E-state index is 14.8. The number of nitrogen functional groups attached to an aromatic ring is 1. The first-order chi connectivity index (χ1) is 19.1. The van der Waals surface area contributed by atoms with Crippen molar-refractivity contribution in [3.05, 3.63) is 71.0 Å². The molecule has 1 saturated heterocycles. The summed E-state index contributed by atoms with van der Waals surface area (Å²) in [6, 6.07) is 13.0. The monoisotopic (exact) mass is 593 g/mol. The van der Waals surface area contributed by atoms with Gasteiger partial charge in [0.25, 0.3) is 5.92 Å². The highest BCUT2D eigenvalue weighted by Crippen LogP contribution is 2.46. The molecule has 0 spiro atoms. The second kappa shape index (κ2) is 14.1. The Hall–Kier alpha value is -3.68. The summed E-state index contributed by atoms with van der Waals surface area (Å²) in [5.74, 6) is -3.23. The Morgan fingerprint density at radius 1 is 1.00 bits per heavy atom. The lowest BCUT2D eigenvalue weighted by Crippen LogP contribution is -2.32. The lowest BCUT2D eigenvalue weighted by atomic mass is 10.2. The van der Waals surface area contributed by atoms with E-state index in [1.807, 2.05) is 0 Å². The van der Waals surface area contributed by atoms with E-state index in [1.54, 1.807) is 48.5 Å². The summed E-state index contributed by atoms with van der Waals surface area (Å²) in [5.41, 5.74) is 4.24. The number of anilines is 1. The molecule has 2 heterocycles. The maximum absolute atomic E-state index is 14.8. The van der Waals surface area contributed by atoms with E-state index >= 15 is 0 Å². The van der Waals surface area contributed by atoms with E-state index in [2.05, 4.69) is 4.98 Å². The van der Waals surface area contributed by atoms with Gasteiger partial charge in [0.15, 0.2) is 11.6 Å². The normalized spacial score (nSPS) is 17.6. The van der Waals surface area contributed by atoms with Gasteiger partial charge in [-0.1, -0.05) is 0 Å². The smallest absolute Gasteiger partial charge is 0.463 e. The van der Waals surface area contributed by atoms with Gasteiger partial charge >= 0.3 is 14.3 Å². The third-order valence-corrected chi connectivity index (χ3v) is 6.37. The van der Waals surface area contributed by atoms with Crippen molar-refractivity contribution in [3.8, 4) is 23.0 Å². The minimum absolute atomic E-state index is 0.340. The molecule has 2 N–H and O–H groups in total. The van der Waals surface area contributed by atoms with Gasteiger partial charge in [-0.3, -0.25) is 9.09 Å². The number of aromatic nitrogens is 2. The standard InChI is InChI=1S/C23H23F3N3O7P.CH2F2/c1-31-14-3-7-16(8-4-14)35-37(36-17-9-5-15(32-2)6-10-17)33-13-19-23(25,26)11-20(34-19)29-12-18(24)21(27)28-22(29)30;2-1-3/h3-10,12,19-20H,11,13H2,1-2H3,(H2,27,28,30);1H2. The first-order valence-corrected chi connectivity index (χ1v) is 12.5. The van der Waals surface area contributed by atoms with Gasteiger partial charge < -0.3 is 29.0 Å². The third-order valence-electron chi connectivity index (χ3n) is 5.29. The Balaban J connectivity index is 0.00000141. The van der Waals surface area contributed by atoms with Gasteiger partial charge in [0.1, 0.15) is 35.3 Å². The van der Waals surface area contributed by atoms with Crippen LogP contribution in [0.1, 0.15) is 12.6 Å². The van der Waals surface area contributed by atoms with Gasteiger partial charge in [-0.25, -0.2) is 26.7 Å². The molecule has 3 aromatic rings. The van der Waals surface area contributed by atoms with E-state index in [9.17, 15) is 26.7 Å². The minimum Gasteiger partial charge on any atom is -0.497 e. The molecule has 1 aliphatic heterocycles. The molecule has 218 valence electrons. The van der Waals surface area contributed by atoms with Crippen LogP contribution in [-0.4, -0.2) is 49.3 Å². The predicted octanol–water partition coefficient (Wildman–Crippen LogP) is 5.19. The molecule has 1 fully saturated rings. The number of nitrogens with zero attached hydrogens (tertiary/aromatic N) is 2. The Bertz CT molecular complexity index is 1240. The van der Waals surface area contributed by atoms with Crippen LogP contribution in [0.25, 0.3) is 0 Å². The summed E-state index contributed by atoms with van der Waals surface area (Å²) >= 11 is 0. The zero-order chi connectivity index (χ0) is 29.3.